The smallest absolute Gasteiger partial charge is 0.352 e. The third kappa shape index (κ3) is 8.61. The number of thioether (sulfide) groups is 1. The van der Waals surface area contributed by atoms with Gasteiger partial charge in [0.25, 0.3) is 11.8 Å². The number of β-lactam (4-membered cyclic amide) rings is 1. The Morgan fingerprint density at radius 1 is 1.28 bits per heavy atom. The van der Waals surface area contributed by atoms with Gasteiger partial charge in [0.15, 0.2) is 29.1 Å². The molecule has 0 aliphatic carbocycles. The van der Waals surface area contributed by atoms with Crippen molar-refractivity contribution in [2.24, 2.45) is 28.7 Å². The van der Waals surface area contributed by atoms with E-state index in [4.69, 9.17) is 45.3 Å². The fourth-order valence-corrected chi connectivity index (χ4v) is 5.67. The molecule has 47 heavy (non-hydrogen) atoms. The summed E-state index contributed by atoms with van der Waals surface area (Å²) in [5.74, 6) is -4.37. The average molecular weight is 721 g/mol. The number of carboxylic acid groups (broad SMARTS) is 2. The quantitative estimate of drug-likeness (QED) is 0.0222. The number of anilines is 2. The van der Waals surface area contributed by atoms with Gasteiger partial charge in [0.05, 0.1) is 7.05 Å². The van der Waals surface area contributed by atoms with Gasteiger partial charge in [0, 0.05) is 22.9 Å². The van der Waals surface area contributed by atoms with Crippen molar-refractivity contribution >= 4 is 85.8 Å². The number of nitrogen functional groups attached to an aromatic ring is 2. The molecule has 0 saturated carbocycles. The first-order valence-corrected chi connectivity index (χ1v) is 15.7. The number of oxime groups is 1. The molecule has 1 fully saturated rings. The van der Waals surface area contributed by atoms with Gasteiger partial charge in [-0.2, -0.15) is 9.36 Å². The van der Waals surface area contributed by atoms with Gasteiger partial charge in [-0.25, -0.2) is 23.0 Å². The lowest BCUT2D eigenvalue weighted by Crippen LogP contribution is -2.71. The summed E-state index contributed by atoms with van der Waals surface area (Å²) in [6.07, 6.45) is 1.53. The van der Waals surface area contributed by atoms with Crippen molar-refractivity contribution in [1.29, 1.82) is 0 Å². The van der Waals surface area contributed by atoms with E-state index in [0.717, 1.165) is 16.4 Å². The predicted octanol–water partition coefficient (Wildman–Crippen LogP) is -3.74. The van der Waals surface area contributed by atoms with Gasteiger partial charge in [0.1, 0.15) is 17.1 Å². The topological polar surface area (TPSA) is 374 Å². The lowest BCUT2D eigenvalue weighted by molar-refractivity contribution is -0.765. The molecule has 0 unspecified atom stereocenters. The summed E-state index contributed by atoms with van der Waals surface area (Å²) in [4.78, 5) is 64.1. The van der Waals surface area contributed by atoms with Crippen LogP contribution in [-0.2, 0) is 48.0 Å². The van der Waals surface area contributed by atoms with Crippen LogP contribution in [0.5, 0.6) is 0 Å². The van der Waals surface area contributed by atoms with Crippen molar-refractivity contribution in [1.82, 2.24) is 24.3 Å². The molecule has 4 rings (SSSR count). The first kappa shape index (κ1) is 36.4. The van der Waals surface area contributed by atoms with Gasteiger partial charge in [-0.3, -0.25) is 19.0 Å². The lowest BCUT2D eigenvalue weighted by Gasteiger charge is -2.49. The Labute approximate surface area is 272 Å². The molecule has 26 heteroatoms. The highest BCUT2D eigenvalue weighted by Gasteiger charge is 2.55. The van der Waals surface area contributed by atoms with E-state index in [1.807, 2.05) is 0 Å². The number of aliphatic imine (C=N–C) groups is 1. The summed E-state index contributed by atoms with van der Waals surface area (Å²) in [6, 6.07) is -1.14. The Bertz CT molecular complexity index is 1800. The Morgan fingerprint density at radius 3 is 2.40 bits per heavy atom. The molecular weight excluding hydrogens is 693 g/mol. The van der Waals surface area contributed by atoms with Gasteiger partial charge >= 0.3 is 11.9 Å². The lowest BCUT2D eigenvalue weighted by atomic mass is 10.0. The molecule has 0 aromatic carbocycles. The molecule has 2 aromatic heterocycles. The SMILES string of the molecule is Cn1c(N)c(N=C(N)N)c[n+]1CC1=C(C(=O)O)N2C(=O)[C@@H](NC(=O)/C(=N/OC(C)(C)C(=O)O)c3nsc(N)n3)[C@H]2SC1.O=S(=O)([O-])O. The molecule has 0 spiro atoms. The molecule has 23 nitrogen and oxygen atoms in total. The molecule has 2 atom stereocenters. The maximum absolute atomic E-state index is 13.2. The normalized spacial score (nSPS) is 17.9. The monoisotopic (exact) mass is 720 g/mol. The first-order valence-electron chi connectivity index (χ1n) is 12.5. The maximum atomic E-state index is 13.2. The van der Waals surface area contributed by atoms with Crippen molar-refractivity contribution in [3.63, 3.8) is 0 Å². The number of carbonyl (C=O) groups is 4. The number of carbonyl (C=O) groups excluding carboxylic acids is 2. The van der Waals surface area contributed by atoms with Gasteiger partial charge in [-0.1, -0.05) is 5.16 Å². The van der Waals surface area contributed by atoms with Crippen molar-refractivity contribution in [2.45, 2.75) is 37.4 Å². The second-order valence-corrected chi connectivity index (χ2v) is 12.7. The fraction of sp³-hybridized carbons (Fsp3) is 0.381. The van der Waals surface area contributed by atoms with Crippen LogP contribution >= 0.6 is 23.3 Å². The van der Waals surface area contributed by atoms with Gasteiger partial charge in [0.2, 0.25) is 33.7 Å². The van der Waals surface area contributed by atoms with Crippen LogP contribution in [-0.4, -0.2) is 105 Å². The van der Waals surface area contributed by atoms with Crippen LogP contribution in [0.3, 0.4) is 0 Å². The number of carboxylic acids is 2. The highest BCUT2D eigenvalue weighted by Crippen LogP contribution is 2.40. The van der Waals surface area contributed by atoms with Gasteiger partial charge in [-0.15, -0.1) is 21.1 Å². The van der Waals surface area contributed by atoms with Crippen molar-refractivity contribution in [3.05, 3.63) is 23.3 Å². The second-order valence-electron chi connectivity index (χ2n) is 9.91. The van der Waals surface area contributed by atoms with Gasteiger partial charge < -0.3 is 47.9 Å². The molecule has 2 aliphatic heterocycles. The Morgan fingerprint density at radius 2 is 1.89 bits per heavy atom. The van der Waals surface area contributed by atoms with E-state index in [1.54, 1.807) is 11.7 Å². The van der Waals surface area contributed by atoms with E-state index in [9.17, 15) is 29.4 Å². The highest BCUT2D eigenvalue weighted by molar-refractivity contribution is 8.00. The van der Waals surface area contributed by atoms with E-state index in [0.29, 0.717) is 5.57 Å². The van der Waals surface area contributed by atoms with Crippen molar-refractivity contribution in [3.8, 4) is 0 Å². The Hall–Kier alpha value is -5.05. The number of aromatic nitrogens is 4. The first-order chi connectivity index (χ1) is 21.6. The molecule has 256 valence electrons. The fourth-order valence-electron chi connectivity index (χ4n) is 3.90. The average Bonchev–Trinajstić information content (AvgIpc) is 3.48. The molecule has 2 aromatic rings. The highest BCUT2D eigenvalue weighted by atomic mass is 32.3. The molecule has 1 saturated heterocycles. The van der Waals surface area contributed by atoms with Crippen LogP contribution in [0, 0.1) is 0 Å². The minimum absolute atomic E-state index is 0.00348. The maximum Gasteiger partial charge on any atom is 0.352 e. The number of hydrogen-bond donors (Lipinski definition) is 8. The third-order valence-electron chi connectivity index (χ3n) is 6.16. The summed E-state index contributed by atoms with van der Waals surface area (Å²) >= 11 is 1.99. The standard InChI is InChI=1S/C21H26N12O7S2.H2O4S/c1-21(2,18(38)39)40-29-9(13-28-20(25)42-30-13)14(34)27-10-15(35)33-11(17(36)37)7(6-41-16(10)33)4-32-5-8(26-19(23)24)12(22)31(32)3;1-5(2,3)4/h5,10,16,22H,4,6H2,1-3H3,(H9,23,24,25,26,27,28,30,34,36,37,38,39);(H2,1,2,3,4)/b29-9+;/t10-,16-;/m1./s1. The minimum Gasteiger partial charge on any atom is -0.726 e. The zero-order valence-electron chi connectivity index (χ0n) is 24.4. The van der Waals surface area contributed by atoms with Crippen LogP contribution < -0.4 is 32.9 Å². The Balaban J connectivity index is 0.00000111. The van der Waals surface area contributed by atoms with Crippen molar-refractivity contribution < 1.29 is 56.4 Å². The zero-order chi connectivity index (χ0) is 35.6. The number of nitrogens with zero attached hydrogens (tertiary/aromatic N) is 7. The van der Waals surface area contributed by atoms with Crippen LogP contribution in [0.15, 0.2) is 27.6 Å². The number of rotatable bonds is 10. The van der Waals surface area contributed by atoms with E-state index < -0.39 is 56.9 Å². The van der Waals surface area contributed by atoms with E-state index in [2.05, 4.69) is 24.8 Å². The summed E-state index contributed by atoms with van der Waals surface area (Å²) in [5.41, 5.74) is 20.7. The van der Waals surface area contributed by atoms with E-state index in [1.165, 1.54) is 36.5 Å². The van der Waals surface area contributed by atoms with Crippen LogP contribution in [0.1, 0.15) is 19.7 Å². The summed E-state index contributed by atoms with van der Waals surface area (Å²) < 4.78 is 39.9. The van der Waals surface area contributed by atoms with Crippen LogP contribution in [0.4, 0.5) is 16.6 Å². The summed E-state index contributed by atoms with van der Waals surface area (Å²) in [6.45, 7) is 2.47. The van der Waals surface area contributed by atoms with E-state index in [-0.39, 0.29) is 46.4 Å². The largest absolute Gasteiger partial charge is 0.726 e. The number of nitrogens with one attached hydrogen (secondary N) is 1. The zero-order valence-corrected chi connectivity index (χ0v) is 26.9. The molecule has 2 aliphatic rings. The number of amides is 2. The number of guanidine groups is 1. The molecule has 12 N–H and O–H groups in total. The number of hydrogen-bond acceptors (Lipinski definition) is 16. The molecule has 2 amide bonds. The summed E-state index contributed by atoms with van der Waals surface area (Å²) in [5, 5.41) is 24.7. The minimum atomic E-state index is -4.92. The van der Waals surface area contributed by atoms with E-state index >= 15 is 0 Å². The Kier molecular flexibility index (Phi) is 10.7. The number of aliphatic carboxylic acids is 2. The molecule has 0 bridgehead atoms. The molecule has 0 radical (unpaired) electrons. The van der Waals surface area contributed by atoms with Crippen LogP contribution in [0.25, 0.3) is 0 Å². The second kappa shape index (κ2) is 13.7. The molecule has 4 heterocycles. The van der Waals surface area contributed by atoms with Gasteiger partial charge in [-0.05, 0) is 13.8 Å². The number of nitrogens with two attached hydrogens (primary N) is 4. The van der Waals surface area contributed by atoms with Crippen molar-refractivity contribution in [2.75, 3.05) is 17.2 Å². The predicted molar refractivity (Wildman–Crippen MR) is 161 cm³/mol. The van der Waals surface area contributed by atoms with Crippen LogP contribution in [0.2, 0.25) is 0 Å². The third-order valence-corrected chi connectivity index (χ3v) is 8.04. The summed E-state index contributed by atoms with van der Waals surface area (Å²) in [7, 11) is -3.29. The molecular formula is C21H28N12O11S3. The number of fused-ring (bicyclic) bond motifs is 1.